The van der Waals surface area contributed by atoms with Crippen LogP contribution < -0.4 is 21.5 Å². The Morgan fingerprint density at radius 3 is 2.54 bits per heavy atom. The lowest BCUT2D eigenvalue weighted by Gasteiger charge is -2.35. The summed E-state index contributed by atoms with van der Waals surface area (Å²) in [5.41, 5.74) is 5.47. The molecular weight excluding hydrogens is 935 g/mol. The van der Waals surface area contributed by atoms with Crippen molar-refractivity contribution in [2.24, 2.45) is 11.8 Å². The average Bonchev–Trinajstić information content (AvgIpc) is 3.81. The number of hydrogen-bond acceptors (Lipinski definition) is 16. The molecule has 3 aromatic rings. The molecule has 4 unspecified atom stereocenters. The number of phenols is 1. The second-order valence-corrected chi connectivity index (χ2v) is 20.2. The van der Waals surface area contributed by atoms with Crippen LogP contribution in [0.1, 0.15) is 107 Å². The first kappa shape index (κ1) is 55.6. The molecule has 0 spiro atoms. The van der Waals surface area contributed by atoms with Gasteiger partial charge in [0.15, 0.2) is 5.03 Å². The fourth-order valence-electron chi connectivity index (χ4n) is 7.38. The molecule has 5 N–H and O–H groups in total. The molecule has 1 aliphatic heterocycles. The molecule has 2 aromatic heterocycles. The summed E-state index contributed by atoms with van der Waals surface area (Å²) in [6.45, 7) is 9.54. The molecule has 5 amide bonds. The van der Waals surface area contributed by atoms with Gasteiger partial charge in [0.05, 0.1) is 16.0 Å². The van der Waals surface area contributed by atoms with Gasteiger partial charge in [0.1, 0.15) is 30.8 Å². The fourth-order valence-corrected chi connectivity index (χ4v) is 10.1. The van der Waals surface area contributed by atoms with Gasteiger partial charge in [0, 0.05) is 54.9 Å². The van der Waals surface area contributed by atoms with Crippen LogP contribution >= 0.6 is 32.9 Å². The molecule has 1 aliphatic rings. The molecular formula is C46H67N9O10S3. The Kier molecular flexibility index (Phi) is 24.3. The lowest BCUT2D eigenvalue weighted by Crippen LogP contribution is -2.57. The van der Waals surface area contributed by atoms with Crippen molar-refractivity contribution in [1.29, 1.82) is 0 Å². The van der Waals surface area contributed by atoms with E-state index in [9.17, 15) is 39.2 Å². The first-order chi connectivity index (χ1) is 32.7. The number of phenolic OH excluding ortho intramolecular Hbond substituents is 1. The highest BCUT2D eigenvalue weighted by Crippen LogP contribution is 2.35. The molecule has 0 saturated carbocycles. The molecule has 0 bridgehead atoms. The summed E-state index contributed by atoms with van der Waals surface area (Å²) in [6, 6.07) is 7.83. The Bertz CT molecular complexity index is 2080. The summed E-state index contributed by atoms with van der Waals surface area (Å²) in [5.74, 6) is -1.67. The van der Waals surface area contributed by atoms with Crippen molar-refractivity contribution in [3.63, 3.8) is 0 Å². The van der Waals surface area contributed by atoms with Gasteiger partial charge < -0.3 is 30.1 Å². The zero-order valence-corrected chi connectivity index (χ0v) is 42.1. The van der Waals surface area contributed by atoms with Gasteiger partial charge in [-0.25, -0.2) is 20.2 Å². The third-order valence-electron chi connectivity index (χ3n) is 11.5. The SMILES string of the molecule is CCCCCOCN(CCCc1nc(C(=O)N[C@@H](Cc2ccc(O)cc2)CC(C)C(=O)NNC(=O)OCCSSc2ncccc2[N+](=O)[O-])cs1)C(=O)C(NC(=O)C1CCCCN1C)C(C)CC. The van der Waals surface area contributed by atoms with Gasteiger partial charge in [-0.05, 0) is 92.6 Å². The Labute approximate surface area is 410 Å². The predicted molar refractivity (Wildman–Crippen MR) is 263 cm³/mol. The molecule has 19 nitrogen and oxygen atoms in total. The largest absolute Gasteiger partial charge is 0.508 e. The molecule has 0 aliphatic carbocycles. The number of carbonyl (C=O) groups excluding carboxylic acids is 5. The number of aromatic nitrogens is 2. The van der Waals surface area contributed by atoms with E-state index in [4.69, 9.17) is 9.47 Å². The Hall–Kier alpha value is -5.03. The normalized spacial score (nSPS) is 15.6. The van der Waals surface area contributed by atoms with E-state index < -0.39 is 40.8 Å². The van der Waals surface area contributed by atoms with Gasteiger partial charge in [-0.2, -0.15) is 0 Å². The number of piperidine rings is 1. The first-order valence-electron chi connectivity index (χ1n) is 23.2. The van der Waals surface area contributed by atoms with Crippen LogP contribution in [0.3, 0.4) is 0 Å². The van der Waals surface area contributed by atoms with Crippen molar-refractivity contribution in [2.45, 2.75) is 121 Å². The summed E-state index contributed by atoms with van der Waals surface area (Å²) in [5, 5.41) is 29.8. The van der Waals surface area contributed by atoms with E-state index in [1.807, 2.05) is 20.9 Å². The maximum Gasteiger partial charge on any atom is 0.426 e. The number of likely N-dealkylation sites (N-methyl/N-ethyl adjacent to an activating group) is 1. The number of nitrogens with one attached hydrogen (secondary N) is 4. The highest BCUT2D eigenvalue weighted by atomic mass is 33.1. The van der Waals surface area contributed by atoms with Crippen molar-refractivity contribution in [1.82, 2.24) is 41.3 Å². The van der Waals surface area contributed by atoms with Crippen molar-refractivity contribution in [2.75, 3.05) is 45.8 Å². The van der Waals surface area contributed by atoms with Crippen LogP contribution in [0.15, 0.2) is 53.0 Å². The molecule has 68 heavy (non-hydrogen) atoms. The minimum absolute atomic E-state index is 0.0424. The number of ether oxygens (including phenoxy) is 2. The topological polar surface area (TPSA) is 248 Å². The lowest BCUT2D eigenvalue weighted by molar-refractivity contribution is -0.388. The summed E-state index contributed by atoms with van der Waals surface area (Å²) >= 11 is 1.33. The monoisotopic (exact) mass is 1000 g/mol. The van der Waals surface area contributed by atoms with Crippen LogP contribution in [0.2, 0.25) is 0 Å². The van der Waals surface area contributed by atoms with E-state index in [0.717, 1.165) is 61.4 Å². The quantitative estimate of drug-likeness (QED) is 0.0168. The van der Waals surface area contributed by atoms with Crippen LogP contribution in [0.5, 0.6) is 5.75 Å². The number of amides is 5. The Morgan fingerprint density at radius 2 is 1.82 bits per heavy atom. The van der Waals surface area contributed by atoms with E-state index >= 15 is 0 Å². The first-order valence-corrected chi connectivity index (χ1v) is 26.4. The van der Waals surface area contributed by atoms with Crippen LogP contribution in [0.25, 0.3) is 0 Å². The number of carbonyl (C=O) groups is 5. The smallest absolute Gasteiger partial charge is 0.426 e. The number of thiazole rings is 1. The molecule has 22 heteroatoms. The number of aryl methyl sites for hydroxylation is 1. The number of nitrogens with zero attached hydrogens (tertiary/aromatic N) is 5. The number of likely N-dealkylation sites (tertiary alicyclic amines) is 1. The molecule has 0 radical (unpaired) electrons. The number of nitro groups is 1. The third-order valence-corrected chi connectivity index (χ3v) is 14.7. The van der Waals surface area contributed by atoms with Crippen molar-refractivity contribution in [3.05, 3.63) is 74.4 Å². The summed E-state index contributed by atoms with van der Waals surface area (Å²) in [4.78, 5) is 89.9. The number of aromatic hydroxyl groups is 1. The van der Waals surface area contributed by atoms with E-state index in [1.54, 1.807) is 29.3 Å². The lowest BCUT2D eigenvalue weighted by atomic mass is 9.95. The maximum absolute atomic E-state index is 14.2. The summed E-state index contributed by atoms with van der Waals surface area (Å²) in [6.07, 6.45) is 8.50. The second kappa shape index (κ2) is 29.8. The molecule has 3 heterocycles. The molecule has 5 atom stereocenters. The van der Waals surface area contributed by atoms with Crippen LogP contribution in [0, 0.1) is 22.0 Å². The Balaban J connectivity index is 1.32. The number of benzene rings is 1. The van der Waals surface area contributed by atoms with E-state index in [2.05, 4.69) is 43.3 Å². The highest BCUT2D eigenvalue weighted by molar-refractivity contribution is 8.76. The summed E-state index contributed by atoms with van der Waals surface area (Å²) < 4.78 is 11.1. The second-order valence-electron chi connectivity index (χ2n) is 16.9. The van der Waals surface area contributed by atoms with Gasteiger partial charge in [0.2, 0.25) is 17.7 Å². The average molecular weight is 1000 g/mol. The van der Waals surface area contributed by atoms with Gasteiger partial charge in [-0.1, -0.05) is 76.3 Å². The van der Waals surface area contributed by atoms with Gasteiger partial charge in [0.25, 0.3) is 5.91 Å². The molecule has 1 aromatic carbocycles. The van der Waals surface area contributed by atoms with Crippen molar-refractivity contribution in [3.8, 4) is 5.75 Å². The highest BCUT2D eigenvalue weighted by Gasteiger charge is 2.34. The van der Waals surface area contributed by atoms with E-state index in [-0.39, 0.29) is 65.7 Å². The number of rotatable bonds is 28. The standard InChI is InChI=1S/C46H67N9O10S3/c1-6-8-11-24-64-30-54(45(60)40(31(3)7-2)50-43(59)37-14-9-10-22-53(37)5)23-13-16-39-49-36(29-66-39)42(58)48-34(28-33-17-19-35(56)20-18-33)27-32(4)41(57)51-52-46(61)65-25-26-67-68-44-38(55(62)63)15-12-21-47-44/h12,15,17-21,29,31-32,34,37,40,56H,6-11,13-14,16,22-28,30H2,1-5H3,(H,48,58)(H,50,59)(H,51,57)(H,52,61)/t31?,32?,34-,37?,40?/m1/s1. The molecule has 1 fully saturated rings. The number of hydrogen-bond donors (Lipinski definition) is 5. The van der Waals surface area contributed by atoms with Crippen molar-refractivity contribution < 1.29 is 43.5 Å². The van der Waals surface area contributed by atoms with E-state index in [1.165, 1.54) is 52.6 Å². The van der Waals surface area contributed by atoms with Gasteiger partial charge in [-0.15, -0.1) is 11.3 Å². The zero-order chi connectivity index (χ0) is 49.4. The van der Waals surface area contributed by atoms with Gasteiger partial charge in [-0.3, -0.25) is 39.6 Å². The molecule has 1 saturated heterocycles. The minimum Gasteiger partial charge on any atom is -0.508 e. The number of unbranched alkanes of at least 4 members (excludes halogenated alkanes) is 2. The Morgan fingerprint density at radius 1 is 1.04 bits per heavy atom. The number of hydrazine groups is 1. The summed E-state index contributed by atoms with van der Waals surface area (Å²) in [7, 11) is 4.25. The molecule has 374 valence electrons. The maximum atomic E-state index is 14.2. The number of pyridine rings is 1. The van der Waals surface area contributed by atoms with Crippen LogP contribution in [-0.2, 0) is 36.7 Å². The minimum atomic E-state index is -0.898. The predicted octanol–water partition coefficient (Wildman–Crippen LogP) is 6.66. The van der Waals surface area contributed by atoms with Crippen molar-refractivity contribution >= 4 is 68.3 Å². The van der Waals surface area contributed by atoms with Crippen LogP contribution in [0.4, 0.5) is 10.5 Å². The van der Waals surface area contributed by atoms with Gasteiger partial charge >= 0.3 is 11.8 Å². The molecule has 4 rings (SSSR count). The van der Waals surface area contributed by atoms with Crippen LogP contribution in [-0.4, -0.2) is 123 Å². The van der Waals surface area contributed by atoms with E-state index in [0.29, 0.717) is 49.6 Å². The third kappa shape index (κ3) is 18.8. The fraction of sp³-hybridized carbons (Fsp3) is 0.587. The zero-order valence-electron chi connectivity index (χ0n) is 39.6.